The van der Waals surface area contributed by atoms with Gasteiger partial charge in [-0.05, 0) is 31.7 Å². The van der Waals surface area contributed by atoms with Gasteiger partial charge in [-0.1, -0.05) is 0 Å². The van der Waals surface area contributed by atoms with Gasteiger partial charge in [-0.15, -0.1) is 11.3 Å². The largest absolute Gasteiger partial charge is 0.497 e. The number of nitrogens with two attached hydrogens (primary N) is 1. The number of aryl methyl sites for hydroxylation is 1. The van der Waals surface area contributed by atoms with Gasteiger partial charge in [0.1, 0.15) is 11.5 Å². The summed E-state index contributed by atoms with van der Waals surface area (Å²) in [5, 5.41) is 0. The monoisotopic (exact) mass is 317 g/mol. The van der Waals surface area contributed by atoms with E-state index in [9.17, 15) is 0 Å². The van der Waals surface area contributed by atoms with Gasteiger partial charge in [0, 0.05) is 23.1 Å². The van der Waals surface area contributed by atoms with E-state index in [0.29, 0.717) is 6.54 Å². The first-order chi connectivity index (χ1) is 10.7. The van der Waals surface area contributed by atoms with Gasteiger partial charge in [0.15, 0.2) is 4.96 Å². The Labute approximate surface area is 133 Å². The molecular formula is C16H19N3O2S. The van der Waals surface area contributed by atoms with Crippen molar-refractivity contribution in [2.75, 3.05) is 20.8 Å². The summed E-state index contributed by atoms with van der Waals surface area (Å²) in [6, 6.07) is 5.74. The quantitative estimate of drug-likeness (QED) is 0.786. The molecule has 0 amide bonds. The number of nitrogens with zero attached hydrogens (tertiary/aromatic N) is 2. The highest BCUT2D eigenvalue weighted by Crippen LogP contribution is 2.36. The Balaban J connectivity index is 2.24. The van der Waals surface area contributed by atoms with E-state index >= 15 is 0 Å². The van der Waals surface area contributed by atoms with Crippen LogP contribution in [0, 0.1) is 6.92 Å². The van der Waals surface area contributed by atoms with Crippen LogP contribution in [-0.4, -0.2) is 30.1 Å². The number of rotatable bonds is 5. The molecule has 2 aromatic heterocycles. The highest BCUT2D eigenvalue weighted by molar-refractivity contribution is 7.17. The fourth-order valence-corrected chi connectivity index (χ4v) is 3.44. The van der Waals surface area contributed by atoms with Gasteiger partial charge in [-0.3, -0.25) is 4.40 Å². The van der Waals surface area contributed by atoms with Gasteiger partial charge in [-0.25, -0.2) is 4.98 Å². The minimum Gasteiger partial charge on any atom is -0.497 e. The number of fused-ring (bicyclic) bond motifs is 1. The van der Waals surface area contributed by atoms with Gasteiger partial charge in [0.25, 0.3) is 0 Å². The number of benzene rings is 1. The normalized spacial score (nSPS) is 11.1. The number of methoxy groups -OCH3 is 2. The Morgan fingerprint density at radius 1 is 1.27 bits per heavy atom. The van der Waals surface area contributed by atoms with E-state index in [0.717, 1.165) is 39.8 Å². The standard InChI is InChI=1S/C16H19N3O2S/c1-10-9-19-13(6-7-17)15(18-16(19)22-10)12-8-11(20-2)4-5-14(12)21-3/h4-5,8-9H,6-7,17H2,1-3H3. The van der Waals surface area contributed by atoms with Gasteiger partial charge >= 0.3 is 0 Å². The molecule has 0 unspecified atom stereocenters. The number of thiazole rings is 1. The second kappa shape index (κ2) is 5.98. The summed E-state index contributed by atoms with van der Waals surface area (Å²) in [6.07, 6.45) is 2.86. The molecule has 116 valence electrons. The third-order valence-corrected chi connectivity index (χ3v) is 4.48. The van der Waals surface area contributed by atoms with Crippen LogP contribution >= 0.6 is 11.3 Å². The van der Waals surface area contributed by atoms with E-state index in [1.165, 1.54) is 4.88 Å². The third-order valence-electron chi connectivity index (χ3n) is 3.58. The Morgan fingerprint density at radius 3 is 2.77 bits per heavy atom. The maximum Gasteiger partial charge on any atom is 0.194 e. The lowest BCUT2D eigenvalue weighted by Gasteiger charge is -2.10. The van der Waals surface area contributed by atoms with Crippen LogP contribution in [0.3, 0.4) is 0 Å². The van der Waals surface area contributed by atoms with Crippen LogP contribution in [0.4, 0.5) is 0 Å². The molecule has 0 aliphatic rings. The Kier molecular flexibility index (Phi) is 4.04. The second-order valence-corrected chi connectivity index (χ2v) is 6.22. The van der Waals surface area contributed by atoms with E-state index in [-0.39, 0.29) is 0 Å². The predicted octanol–water partition coefficient (Wildman–Crippen LogP) is 2.89. The SMILES string of the molecule is COc1ccc(OC)c(-c2nc3sc(C)cn3c2CCN)c1. The van der Waals surface area contributed by atoms with E-state index in [1.54, 1.807) is 25.6 Å². The summed E-state index contributed by atoms with van der Waals surface area (Å²) in [4.78, 5) is 7.00. The molecule has 0 fully saturated rings. The van der Waals surface area contributed by atoms with E-state index < -0.39 is 0 Å². The van der Waals surface area contributed by atoms with Crippen molar-refractivity contribution in [1.82, 2.24) is 9.38 Å². The average molecular weight is 317 g/mol. The zero-order valence-corrected chi connectivity index (χ0v) is 13.7. The average Bonchev–Trinajstić information content (AvgIpc) is 3.04. The lowest BCUT2D eigenvalue weighted by Crippen LogP contribution is -2.06. The third kappa shape index (κ3) is 2.44. The van der Waals surface area contributed by atoms with Crippen LogP contribution in [0.5, 0.6) is 11.5 Å². The summed E-state index contributed by atoms with van der Waals surface area (Å²) < 4.78 is 13.0. The lowest BCUT2D eigenvalue weighted by atomic mass is 10.1. The summed E-state index contributed by atoms with van der Waals surface area (Å²) >= 11 is 1.67. The molecule has 5 nitrogen and oxygen atoms in total. The summed E-state index contributed by atoms with van der Waals surface area (Å²) in [5.41, 5.74) is 8.74. The number of aromatic nitrogens is 2. The second-order valence-electron chi connectivity index (χ2n) is 5.01. The zero-order chi connectivity index (χ0) is 15.7. The number of hydrogen-bond acceptors (Lipinski definition) is 5. The molecule has 0 atom stereocenters. The first kappa shape index (κ1) is 14.9. The summed E-state index contributed by atoms with van der Waals surface area (Å²) in [5.74, 6) is 1.56. The fourth-order valence-electron chi connectivity index (χ4n) is 2.59. The van der Waals surface area contributed by atoms with E-state index in [2.05, 4.69) is 17.5 Å². The highest BCUT2D eigenvalue weighted by Gasteiger charge is 2.19. The molecule has 1 aromatic carbocycles. The van der Waals surface area contributed by atoms with E-state index in [4.69, 9.17) is 20.2 Å². The number of imidazole rings is 1. The molecule has 0 spiro atoms. The lowest BCUT2D eigenvalue weighted by molar-refractivity contribution is 0.404. The van der Waals surface area contributed by atoms with Crippen molar-refractivity contribution in [3.8, 4) is 22.8 Å². The molecule has 0 saturated carbocycles. The van der Waals surface area contributed by atoms with Gasteiger partial charge in [-0.2, -0.15) is 0 Å². The maximum atomic E-state index is 5.80. The zero-order valence-electron chi connectivity index (χ0n) is 12.9. The summed E-state index contributed by atoms with van der Waals surface area (Å²) in [6.45, 7) is 2.65. The number of ether oxygens (including phenoxy) is 2. The first-order valence-corrected chi connectivity index (χ1v) is 7.89. The molecule has 0 aliphatic heterocycles. The van der Waals surface area contributed by atoms with Gasteiger partial charge in [0.05, 0.1) is 25.6 Å². The molecular weight excluding hydrogens is 298 g/mol. The van der Waals surface area contributed by atoms with Crippen LogP contribution in [0.15, 0.2) is 24.4 Å². The van der Waals surface area contributed by atoms with Crippen molar-refractivity contribution in [3.05, 3.63) is 35.0 Å². The minimum atomic E-state index is 0.571. The highest BCUT2D eigenvalue weighted by atomic mass is 32.1. The van der Waals surface area contributed by atoms with Crippen molar-refractivity contribution < 1.29 is 9.47 Å². The first-order valence-electron chi connectivity index (χ1n) is 7.07. The minimum absolute atomic E-state index is 0.571. The van der Waals surface area contributed by atoms with Crippen molar-refractivity contribution in [2.24, 2.45) is 5.73 Å². The molecule has 2 N–H and O–H groups in total. The van der Waals surface area contributed by atoms with Crippen LogP contribution in [0.1, 0.15) is 10.6 Å². The fraction of sp³-hybridized carbons (Fsp3) is 0.312. The van der Waals surface area contributed by atoms with Crippen LogP contribution in [-0.2, 0) is 6.42 Å². The molecule has 3 aromatic rings. The summed E-state index contributed by atoms with van der Waals surface area (Å²) in [7, 11) is 3.32. The molecule has 0 aliphatic carbocycles. The molecule has 0 radical (unpaired) electrons. The van der Waals surface area contributed by atoms with Crippen molar-refractivity contribution >= 4 is 16.3 Å². The van der Waals surface area contributed by atoms with E-state index in [1.807, 2.05) is 18.2 Å². The topological polar surface area (TPSA) is 61.8 Å². The van der Waals surface area contributed by atoms with Crippen molar-refractivity contribution in [2.45, 2.75) is 13.3 Å². The Hall–Kier alpha value is -2.05. The molecule has 0 bridgehead atoms. The maximum absolute atomic E-state index is 5.80. The van der Waals surface area contributed by atoms with Crippen LogP contribution < -0.4 is 15.2 Å². The van der Waals surface area contributed by atoms with Gasteiger partial charge < -0.3 is 15.2 Å². The Bertz CT molecular complexity index is 807. The molecule has 22 heavy (non-hydrogen) atoms. The number of hydrogen-bond donors (Lipinski definition) is 1. The van der Waals surface area contributed by atoms with Crippen LogP contribution in [0.2, 0.25) is 0 Å². The van der Waals surface area contributed by atoms with Gasteiger partial charge in [0.2, 0.25) is 0 Å². The Morgan fingerprint density at radius 2 is 2.09 bits per heavy atom. The van der Waals surface area contributed by atoms with Crippen molar-refractivity contribution in [3.63, 3.8) is 0 Å². The van der Waals surface area contributed by atoms with Crippen molar-refractivity contribution in [1.29, 1.82) is 0 Å². The molecule has 2 heterocycles. The van der Waals surface area contributed by atoms with Crippen LogP contribution in [0.25, 0.3) is 16.2 Å². The smallest absolute Gasteiger partial charge is 0.194 e. The molecule has 0 saturated heterocycles. The predicted molar refractivity (Wildman–Crippen MR) is 89.1 cm³/mol. The molecule has 3 rings (SSSR count). The molecule has 6 heteroatoms.